The lowest BCUT2D eigenvalue weighted by molar-refractivity contribution is -0.119. The number of amides is 3. The van der Waals surface area contributed by atoms with Crippen molar-refractivity contribution in [3.8, 4) is 0 Å². The zero-order valence-electron chi connectivity index (χ0n) is 15.2. The monoisotopic (exact) mass is 362 g/mol. The molecule has 0 bridgehead atoms. The highest BCUT2D eigenvalue weighted by Gasteiger charge is 2.33. The van der Waals surface area contributed by atoms with Crippen molar-refractivity contribution in [1.29, 1.82) is 0 Å². The Morgan fingerprint density at radius 3 is 2.58 bits per heavy atom. The smallest absolute Gasteiger partial charge is 0.315 e. The Morgan fingerprint density at radius 2 is 1.92 bits per heavy atom. The molecule has 1 atom stereocenters. The van der Waals surface area contributed by atoms with Crippen LogP contribution in [0.3, 0.4) is 0 Å². The molecule has 0 aromatic heterocycles. The minimum atomic E-state index is -0.599. The molecular formula is C19H27FN4O2. The van der Waals surface area contributed by atoms with E-state index in [9.17, 15) is 14.0 Å². The third-order valence-corrected chi connectivity index (χ3v) is 5.56. The van der Waals surface area contributed by atoms with Crippen LogP contribution < -0.4 is 16.0 Å². The van der Waals surface area contributed by atoms with E-state index < -0.39 is 12.1 Å². The molecule has 1 heterocycles. The van der Waals surface area contributed by atoms with E-state index in [-0.39, 0.29) is 11.7 Å². The lowest BCUT2D eigenvalue weighted by Gasteiger charge is -2.33. The van der Waals surface area contributed by atoms with Crippen LogP contribution in [0, 0.1) is 5.82 Å². The number of carbonyl (C=O) groups excluding carboxylic acids is 2. The molecule has 3 N–H and O–H groups in total. The molecular weight excluding hydrogens is 335 g/mol. The summed E-state index contributed by atoms with van der Waals surface area (Å²) in [6, 6.07) is 3.94. The maximum absolute atomic E-state index is 14.6. The zero-order chi connectivity index (χ0) is 18.7. The molecule has 3 amide bonds. The summed E-state index contributed by atoms with van der Waals surface area (Å²) < 4.78 is 14.6. The summed E-state index contributed by atoms with van der Waals surface area (Å²) in [7, 11) is 1.93. The minimum absolute atomic E-state index is 0.325. The summed E-state index contributed by atoms with van der Waals surface area (Å²) in [5, 5.41) is 2.71. The van der Waals surface area contributed by atoms with E-state index in [4.69, 9.17) is 5.73 Å². The Kier molecular flexibility index (Phi) is 5.64. The average molecular weight is 362 g/mol. The lowest BCUT2D eigenvalue weighted by atomic mass is 9.94. The molecule has 1 aliphatic heterocycles. The number of nitrogens with two attached hydrogens (primary N) is 1. The number of carbonyl (C=O) groups is 2. The van der Waals surface area contributed by atoms with Crippen molar-refractivity contribution in [2.75, 3.05) is 23.8 Å². The van der Waals surface area contributed by atoms with Crippen molar-refractivity contribution in [3.05, 3.63) is 24.0 Å². The Bertz CT molecular complexity index is 676. The second kappa shape index (κ2) is 7.93. The van der Waals surface area contributed by atoms with Gasteiger partial charge in [-0.1, -0.05) is 19.3 Å². The van der Waals surface area contributed by atoms with Crippen molar-refractivity contribution in [3.63, 3.8) is 0 Å². The lowest BCUT2D eigenvalue weighted by Crippen LogP contribution is -2.45. The standard InChI is InChI=1S/C19H27FN4O2/c1-23(14-6-3-2-4-7-14)16-10-9-13(12-15(16)20)22-18(25)17-8-5-11-24(17)19(21)26/h9-10,12,14,17H,2-8,11H2,1H3,(H2,21,26)(H,22,25)/t17-/m0/s1. The van der Waals surface area contributed by atoms with Gasteiger partial charge in [-0.15, -0.1) is 0 Å². The van der Waals surface area contributed by atoms with Gasteiger partial charge < -0.3 is 20.9 Å². The van der Waals surface area contributed by atoms with Gasteiger partial charge in [0.15, 0.2) is 0 Å². The van der Waals surface area contributed by atoms with Crippen LogP contribution in [0.2, 0.25) is 0 Å². The molecule has 26 heavy (non-hydrogen) atoms. The van der Waals surface area contributed by atoms with E-state index >= 15 is 0 Å². The molecule has 1 aromatic carbocycles. The zero-order valence-corrected chi connectivity index (χ0v) is 15.2. The summed E-state index contributed by atoms with van der Waals surface area (Å²) in [5.41, 5.74) is 6.25. The summed E-state index contributed by atoms with van der Waals surface area (Å²) in [6.07, 6.45) is 7.09. The molecule has 2 aliphatic rings. The van der Waals surface area contributed by atoms with Gasteiger partial charge in [-0.25, -0.2) is 9.18 Å². The van der Waals surface area contributed by atoms with Gasteiger partial charge in [-0.3, -0.25) is 4.79 Å². The van der Waals surface area contributed by atoms with E-state index in [0.717, 1.165) is 19.3 Å². The molecule has 0 unspecified atom stereocenters. The summed E-state index contributed by atoms with van der Waals surface area (Å²) in [5.74, 6) is -0.678. The fraction of sp³-hybridized carbons (Fsp3) is 0.579. The van der Waals surface area contributed by atoms with Crippen LogP contribution in [-0.2, 0) is 4.79 Å². The number of hydrogen-bond acceptors (Lipinski definition) is 3. The summed E-state index contributed by atoms with van der Waals surface area (Å²) in [4.78, 5) is 27.2. The molecule has 1 aromatic rings. The highest BCUT2D eigenvalue weighted by Crippen LogP contribution is 2.29. The fourth-order valence-corrected chi connectivity index (χ4v) is 4.06. The van der Waals surface area contributed by atoms with Gasteiger partial charge in [-0.2, -0.15) is 0 Å². The first-order valence-electron chi connectivity index (χ1n) is 9.36. The first-order valence-corrected chi connectivity index (χ1v) is 9.36. The second-order valence-corrected chi connectivity index (χ2v) is 7.25. The normalized spacial score (nSPS) is 20.8. The van der Waals surface area contributed by atoms with Crippen LogP contribution >= 0.6 is 0 Å². The number of urea groups is 1. The highest BCUT2D eigenvalue weighted by molar-refractivity contribution is 5.97. The predicted octanol–water partition coefficient (Wildman–Crippen LogP) is 3.08. The van der Waals surface area contributed by atoms with Crippen LogP contribution in [0.1, 0.15) is 44.9 Å². The maximum atomic E-state index is 14.6. The quantitative estimate of drug-likeness (QED) is 0.864. The number of likely N-dealkylation sites (tertiary alicyclic amines) is 1. The first kappa shape index (κ1) is 18.5. The predicted molar refractivity (Wildman–Crippen MR) is 99.6 cm³/mol. The van der Waals surface area contributed by atoms with Crippen molar-refractivity contribution in [1.82, 2.24) is 4.90 Å². The van der Waals surface area contributed by atoms with E-state index in [1.165, 1.54) is 30.2 Å². The molecule has 0 spiro atoms. The molecule has 142 valence electrons. The van der Waals surface area contributed by atoms with Crippen molar-refractivity contribution in [2.45, 2.75) is 57.0 Å². The van der Waals surface area contributed by atoms with Crippen LogP contribution in [0.5, 0.6) is 0 Å². The van der Waals surface area contributed by atoms with Gasteiger partial charge in [0, 0.05) is 25.3 Å². The van der Waals surface area contributed by atoms with Gasteiger partial charge in [-0.05, 0) is 43.9 Å². The Balaban J connectivity index is 1.67. The third kappa shape index (κ3) is 3.92. The largest absolute Gasteiger partial charge is 0.369 e. The number of rotatable bonds is 4. The summed E-state index contributed by atoms with van der Waals surface area (Å²) in [6.45, 7) is 0.479. The number of hydrogen-bond donors (Lipinski definition) is 2. The van der Waals surface area contributed by atoms with E-state index in [0.29, 0.717) is 30.4 Å². The number of halogens is 1. The number of anilines is 2. The minimum Gasteiger partial charge on any atom is -0.369 e. The number of nitrogens with one attached hydrogen (secondary N) is 1. The van der Waals surface area contributed by atoms with Crippen molar-refractivity contribution >= 4 is 23.3 Å². The van der Waals surface area contributed by atoms with E-state index in [2.05, 4.69) is 5.32 Å². The molecule has 6 nitrogen and oxygen atoms in total. The van der Waals surface area contributed by atoms with Gasteiger partial charge in [0.1, 0.15) is 11.9 Å². The second-order valence-electron chi connectivity index (χ2n) is 7.25. The fourth-order valence-electron chi connectivity index (χ4n) is 4.06. The van der Waals surface area contributed by atoms with Crippen molar-refractivity contribution in [2.24, 2.45) is 5.73 Å². The van der Waals surface area contributed by atoms with Crippen molar-refractivity contribution < 1.29 is 14.0 Å². The number of nitrogens with zero attached hydrogens (tertiary/aromatic N) is 2. The molecule has 0 radical (unpaired) electrons. The van der Waals surface area contributed by atoms with Gasteiger partial charge in [0.2, 0.25) is 5.91 Å². The van der Waals surface area contributed by atoms with Crippen LogP contribution in [0.15, 0.2) is 18.2 Å². The van der Waals surface area contributed by atoms with Crippen LogP contribution in [-0.4, -0.2) is 42.5 Å². The Hall–Kier alpha value is -2.31. The van der Waals surface area contributed by atoms with Gasteiger partial charge >= 0.3 is 6.03 Å². The molecule has 1 saturated heterocycles. The summed E-state index contributed by atoms with van der Waals surface area (Å²) >= 11 is 0. The van der Waals surface area contributed by atoms with Crippen LogP contribution in [0.25, 0.3) is 0 Å². The van der Waals surface area contributed by atoms with Gasteiger partial charge in [0.05, 0.1) is 5.69 Å². The maximum Gasteiger partial charge on any atom is 0.315 e. The number of benzene rings is 1. The molecule has 1 saturated carbocycles. The van der Waals surface area contributed by atoms with Crippen LogP contribution in [0.4, 0.5) is 20.6 Å². The Morgan fingerprint density at radius 1 is 1.19 bits per heavy atom. The van der Waals surface area contributed by atoms with E-state index in [1.807, 2.05) is 11.9 Å². The third-order valence-electron chi connectivity index (χ3n) is 5.56. The average Bonchev–Trinajstić information content (AvgIpc) is 3.12. The molecule has 7 heteroatoms. The van der Waals surface area contributed by atoms with E-state index in [1.54, 1.807) is 12.1 Å². The molecule has 2 fully saturated rings. The Labute approximate surface area is 153 Å². The SMILES string of the molecule is CN(c1ccc(NC(=O)[C@@H]2CCCN2C(N)=O)cc1F)C1CCCCC1. The molecule has 3 rings (SSSR count). The van der Waals surface area contributed by atoms with Gasteiger partial charge in [0.25, 0.3) is 0 Å². The highest BCUT2D eigenvalue weighted by atomic mass is 19.1. The topological polar surface area (TPSA) is 78.7 Å². The molecule has 1 aliphatic carbocycles. The number of primary amides is 1. The first-order chi connectivity index (χ1) is 12.5.